The Morgan fingerprint density at radius 2 is 1.67 bits per heavy atom. The molecule has 0 bridgehead atoms. The van der Waals surface area contributed by atoms with Crippen LogP contribution in [0.3, 0.4) is 0 Å². The molecule has 1 rings (SSSR count). The maximum absolute atomic E-state index is 4.38. The zero-order valence-electron chi connectivity index (χ0n) is 14.8. The average molecular weight is 290 g/mol. The predicted octanol–water partition coefficient (Wildman–Crippen LogP) is 6.10. The molecule has 120 valence electrons. The Morgan fingerprint density at radius 1 is 1.05 bits per heavy atom. The second kappa shape index (κ2) is 9.87. The number of hydrogen-bond donors (Lipinski definition) is 0. The van der Waals surface area contributed by atoms with Gasteiger partial charge in [-0.15, -0.1) is 0 Å². The van der Waals surface area contributed by atoms with Gasteiger partial charge in [0.05, 0.1) is 0 Å². The number of allylic oxidation sites excluding steroid dienone is 5. The van der Waals surface area contributed by atoms with Crippen molar-refractivity contribution in [2.24, 2.45) is 5.92 Å². The monoisotopic (exact) mass is 289 g/mol. The van der Waals surface area contributed by atoms with Crippen molar-refractivity contribution >= 4 is 0 Å². The summed E-state index contributed by atoms with van der Waals surface area (Å²) in [5, 5.41) is 0. The molecule has 0 amide bonds. The Morgan fingerprint density at radius 3 is 2.24 bits per heavy atom. The summed E-state index contributed by atoms with van der Waals surface area (Å²) in [7, 11) is 2.22. The van der Waals surface area contributed by atoms with Gasteiger partial charge in [0.15, 0.2) is 0 Å². The fraction of sp³-hybridized carbons (Fsp3) is 0.700. The van der Waals surface area contributed by atoms with Crippen LogP contribution in [-0.2, 0) is 0 Å². The minimum atomic E-state index is 0.736. The van der Waals surface area contributed by atoms with Gasteiger partial charge in [-0.1, -0.05) is 55.6 Å². The Kier molecular flexibility index (Phi) is 8.49. The van der Waals surface area contributed by atoms with Crippen LogP contribution < -0.4 is 0 Å². The fourth-order valence-electron chi connectivity index (χ4n) is 3.06. The molecule has 0 heterocycles. The topological polar surface area (TPSA) is 3.24 Å². The van der Waals surface area contributed by atoms with Crippen LogP contribution in [0.25, 0.3) is 0 Å². The molecule has 0 atom stereocenters. The van der Waals surface area contributed by atoms with E-state index in [0.717, 1.165) is 12.5 Å². The van der Waals surface area contributed by atoms with Crippen molar-refractivity contribution in [3.05, 3.63) is 35.6 Å². The lowest BCUT2D eigenvalue weighted by Gasteiger charge is -2.28. The zero-order chi connectivity index (χ0) is 15.7. The van der Waals surface area contributed by atoms with Crippen LogP contribution in [0.4, 0.5) is 0 Å². The van der Waals surface area contributed by atoms with Crippen LogP contribution in [0.5, 0.6) is 0 Å². The van der Waals surface area contributed by atoms with Crippen molar-refractivity contribution in [2.75, 3.05) is 13.6 Å². The third-order valence-corrected chi connectivity index (χ3v) is 4.58. The first-order valence-corrected chi connectivity index (χ1v) is 8.71. The highest BCUT2D eigenvalue weighted by atomic mass is 15.1. The van der Waals surface area contributed by atoms with E-state index >= 15 is 0 Å². The molecule has 0 spiro atoms. The van der Waals surface area contributed by atoms with Gasteiger partial charge in [-0.3, -0.25) is 0 Å². The minimum absolute atomic E-state index is 0.736. The Labute approximate surface area is 132 Å². The molecule has 1 nitrogen and oxygen atoms in total. The van der Waals surface area contributed by atoms with Gasteiger partial charge in [0, 0.05) is 19.3 Å². The molecule has 0 unspecified atom stereocenters. The van der Waals surface area contributed by atoms with Crippen LogP contribution >= 0.6 is 0 Å². The van der Waals surface area contributed by atoms with Gasteiger partial charge in [0.2, 0.25) is 0 Å². The van der Waals surface area contributed by atoms with E-state index in [1.165, 1.54) is 68.2 Å². The van der Waals surface area contributed by atoms with E-state index in [2.05, 4.69) is 51.4 Å². The Hall–Kier alpha value is -0.980. The normalized spacial score (nSPS) is 17.2. The maximum atomic E-state index is 4.38. The predicted molar refractivity (Wildman–Crippen MR) is 95.4 cm³/mol. The van der Waals surface area contributed by atoms with Crippen molar-refractivity contribution in [3.63, 3.8) is 0 Å². The molecule has 0 aromatic rings. The number of hydrogen-bond acceptors (Lipinski definition) is 1. The van der Waals surface area contributed by atoms with Gasteiger partial charge in [-0.2, -0.15) is 0 Å². The van der Waals surface area contributed by atoms with Gasteiger partial charge < -0.3 is 4.90 Å². The van der Waals surface area contributed by atoms with Crippen LogP contribution in [0.1, 0.15) is 72.1 Å². The van der Waals surface area contributed by atoms with Crippen LogP contribution in [0, 0.1) is 5.92 Å². The molecule has 1 aliphatic carbocycles. The van der Waals surface area contributed by atoms with Gasteiger partial charge in [0.1, 0.15) is 0 Å². The first kappa shape index (κ1) is 18.1. The molecule has 0 saturated heterocycles. The van der Waals surface area contributed by atoms with E-state index < -0.39 is 0 Å². The molecule has 0 aromatic carbocycles. The second-order valence-electron chi connectivity index (χ2n) is 6.96. The molecule has 0 N–H and O–H groups in total. The summed E-state index contributed by atoms with van der Waals surface area (Å²) in [5.74, 6) is 0.736. The molecular weight excluding hydrogens is 254 g/mol. The standard InChI is InChI=1S/C20H35N/c1-17(2)14-15-18(3)11-10-16-21(5)19(4)20-12-8-6-7-9-13-20/h14-15,20H,4,6-13,16H2,1-3,5H3. The highest BCUT2D eigenvalue weighted by Gasteiger charge is 2.17. The average Bonchev–Trinajstić information content (AvgIpc) is 2.73. The van der Waals surface area contributed by atoms with Crippen molar-refractivity contribution in [2.45, 2.75) is 72.1 Å². The van der Waals surface area contributed by atoms with Crippen molar-refractivity contribution < 1.29 is 0 Å². The summed E-state index contributed by atoms with van der Waals surface area (Å²) in [4.78, 5) is 2.41. The second-order valence-corrected chi connectivity index (χ2v) is 6.96. The Balaban J connectivity index is 2.32. The summed E-state index contributed by atoms with van der Waals surface area (Å²) < 4.78 is 0. The molecule has 21 heavy (non-hydrogen) atoms. The van der Waals surface area contributed by atoms with E-state index in [1.807, 2.05) is 0 Å². The van der Waals surface area contributed by atoms with E-state index in [4.69, 9.17) is 0 Å². The molecule has 1 heteroatoms. The highest BCUT2D eigenvalue weighted by Crippen LogP contribution is 2.29. The lowest BCUT2D eigenvalue weighted by Crippen LogP contribution is -2.23. The smallest absolute Gasteiger partial charge is 0.0174 e. The summed E-state index contributed by atoms with van der Waals surface area (Å²) in [6.45, 7) is 12.0. The van der Waals surface area contributed by atoms with Gasteiger partial charge in [-0.05, 0) is 52.4 Å². The van der Waals surface area contributed by atoms with Crippen LogP contribution in [0.2, 0.25) is 0 Å². The number of nitrogens with zero attached hydrogens (tertiary/aromatic N) is 1. The summed E-state index contributed by atoms with van der Waals surface area (Å²) in [5.41, 5.74) is 4.22. The van der Waals surface area contributed by atoms with Gasteiger partial charge in [0.25, 0.3) is 0 Å². The molecule has 1 saturated carbocycles. The maximum Gasteiger partial charge on any atom is 0.0174 e. The lowest BCUT2D eigenvalue weighted by atomic mass is 9.96. The van der Waals surface area contributed by atoms with Crippen molar-refractivity contribution in [1.82, 2.24) is 4.90 Å². The molecule has 1 aliphatic rings. The summed E-state index contributed by atoms with van der Waals surface area (Å²) in [6, 6.07) is 0. The third kappa shape index (κ3) is 7.55. The lowest BCUT2D eigenvalue weighted by molar-refractivity contribution is 0.336. The van der Waals surface area contributed by atoms with E-state index in [1.54, 1.807) is 0 Å². The molecular formula is C20H35N. The first-order valence-electron chi connectivity index (χ1n) is 8.71. The Bertz CT molecular complexity index is 363. The molecule has 1 fully saturated rings. The van der Waals surface area contributed by atoms with Gasteiger partial charge in [-0.25, -0.2) is 0 Å². The van der Waals surface area contributed by atoms with Crippen LogP contribution in [0.15, 0.2) is 35.6 Å². The summed E-state index contributed by atoms with van der Waals surface area (Å²) in [6.07, 6.45) is 15.2. The first-order chi connectivity index (χ1) is 10.0. The SMILES string of the molecule is C=C(C1CCCCCC1)N(C)CCCC(C)=CC=C(C)C. The number of rotatable bonds is 7. The highest BCUT2D eigenvalue weighted by molar-refractivity contribution is 5.14. The molecule has 0 radical (unpaired) electrons. The minimum Gasteiger partial charge on any atom is -0.378 e. The molecule has 0 aromatic heterocycles. The summed E-state index contributed by atoms with van der Waals surface area (Å²) >= 11 is 0. The van der Waals surface area contributed by atoms with Crippen molar-refractivity contribution in [1.29, 1.82) is 0 Å². The van der Waals surface area contributed by atoms with Gasteiger partial charge >= 0.3 is 0 Å². The largest absolute Gasteiger partial charge is 0.378 e. The quantitative estimate of drug-likeness (QED) is 0.404. The zero-order valence-corrected chi connectivity index (χ0v) is 14.8. The van der Waals surface area contributed by atoms with E-state index in [9.17, 15) is 0 Å². The van der Waals surface area contributed by atoms with E-state index in [0.29, 0.717) is 0 Å². The fourth-order valence-corrected chi connectivity index (χ4v) is 3.06. The van der Waals surface area contributed by atoms with Crippen molar-refractivity contribution in [3.8, 4) is 0 Å². The third-order valence-electron chi connectivity index (χ3n) is 4.58. The van der Waals surface area contributed by atoms with Crippen LogP contribution in [-0.4, -0.2) is 18.5 Å². The molecule has 0 aliphatic heterocycles. The van der Waals surface area contributed by atoms with E-state index in [-0.39, 0.29) is 0 Å².